The monoisotopic (exact) mass is 324 g/mol. The van der Waals surface area contributed by atoms with Crippen LogP contribution in [0.4, 0.5) is 5.69 Å². The Labute approximate surface area is 141 Å². The lowest BCUT2D eigenvalue weighted by molar-refractivity contribution is -0.135. The predicted molar refractivity (Wildman–Crippen MR) is 90.2 cm³/mol. The van der Waals surface area contributed by atoms with E-state index in [0.29, 0.717) is 32.2 Å². The molecule has 2 aliphatic rings. The third kappa shape index (κ3) is 3.30. The maximum Gasteiger partial charge on any atom is 0.246 e. The molecule has 0 unspecified atom stereocenters. The van der Waals surface area contributed by atoms with Crippen molar-refractivity contribution in [3.63, 3.8) is 0 Å². The Bertz CT molecular complexity index is 729. The molecule has 0 fully saturated rings. The van der Waals surface area contributed by atoms with Crippen LogP contribution in [0.3, 0.4) is 0 Å². The number of para-hydroxylation sites is 1. The van der Waals surface area contributed by atoms with Gasteiger partial charge in [-0.25, -0.2) is 0 Å². The molecule has 0 aromatic heterocycles. The van der Waals surface area contributed by atoms with Gasteiger partial charge < -0.3 is 9.80 Å². The third-order valence-corrected chi connectivity index (χ3v) is 4.56. The van der Waals surface area contributed by atoms with Gasteiger partial charge in [-0.3, -0.25) is 9.59 Å². The SMILES string of the molecule is C#CCCC1(CCC(=O)N2CC(=O)N(C)c3ccccc3C2)N=N1. The zero-order valence-electron chi connectivity index (χ0n) is 13.7. The normalized spacial score (nSPS) is 17.9. The van der Waals surface area contributed by atoms with E-state index >= 15 is 0 Å². The minimum atomic E-state index is -0.466. The first-order chi connectivity index (χ1) is 11.5. The summed E-state index contributed by atoms with van der Waals surface area (Å²) in [5.41, 5.74) is 1.37. The van der Waals surface area contributed by atoms with Crippen LogP contribution in [0.1, 0.15) is 31.2 Å². The van der Waals surface area contributed by atoms with Crippen LogP contribution < -0.4 is 4.90 Å². The average Bonchev–Trinajstić information content (AvgIpc) is 3.38. The van der Waals surface area contributed by atoms with Crippen LogP contribution in [0, 0.1) is 12.3 Å². The predicted octanol–water partition coefficient (Wildman–Crippen LogP) is 2.35. The molecule has 2 aliphatic heterocycles. The summed E-state index contributed by atoms with van der Waals surface area (Å²) in [6.07, 6.45) is 7.42. The number of anilines is 1. The van der Waals surface area contributed by atoms with E-state index in [1.165, 1.54) is 0 Å². The second-order valence-electron chi connectivity index (χ2n) is 6.22. The molecule has 1 aromatic rings. The highest BCUT2D eigenvalue weighted by Crippen LogP contribution is 2.38. The van der Waals surface area contributed by atoms with E-state index in [-0.39, 0.29) is 18.4 Å². The number of carbonyl (C=O) groups excluding carboxylic acids is 2. The molecule has 0 bridgehead atoms. The Kier molecular flexibility index (Phi) is 4.34. The molecule has 6 heteroatoms. The molecular formula is C18H20N4O2. The van der Waals surface area contributed by atoms with Crippen molar-refractivity contribution in [3.8, 4) is 12.3 Å². The van der Waals surface area contributed by atoms with Gasteiger partial charge in [0.25, 0.3) is 0 Å². The minimum absolute atomic E-state index is 0.0502. The highest BCUT2D eigenvalue weighted by Gasteiger charge is 2.40. The number of likely N-dealkylation sites (N-methyl/N-ethyl adjacent to an activating group) is 1. The second-order valence-corrected chi connectivity index (χ2v) is 6.22. The Morgan fingerprint density at radius 2 is 2.04 bits per heavy atom. The molecule has 6 nitrogen and oxygen atoms in total. The number of carbonyl (C=O) groups is 2. The van der Waals surface area contributed by atoms with Crippen LogP contribution in [0.25, 0.3) is 0 Å². The van der Waals surface area contributed by atoms with Crippen molar-refractivity contribution in [2.75, 3.05) is 18.5 Å². The number of hydrogen-bond acceptors (Lipinski definition) is 4. The van der Waals surface area contributed by atoms with Gasteiger partial charge >= 0.3 is 0 Å². The molecule has 1 aromatic carbocycles. The summed E-state index contributed by atoms with van der Waals surface area (Å²) in [5, 5.41) is 8.11. The van der Waals surface area contributed by atoms with Gasteiger partial charge in [0.05, 0.1) is 0 Å². The Hall–Kier alpha value is -2.68. The fraction of sp³-hybridized carbons (Fsp3) is 0.444. The van der Waals surface area contributed by atoms with E-state index in [1.54, 1.807) is 16.8 Å². The molecular weight excluding hydrogens is 304 g/mol. The maximum atomic E-state index is 12.6. The summed E-state index contributed by atoms with van der Waals surface area (Å²) < 4.78 is 0. The fourth-order valence-electron chi connectivity index (χ4n) is 2.95. The van der Waals surface area contributed by atoms with Crippen LogP contribution in [-0.2, 0) is 16.1 Å². The van der Waals surface area contributed by atoms with Gasteiger partial charge in [0.1, 0.15) is 6.54 Å². The first-order valence-electron chi connectivity index (χ1n) is 8.04. The molecule has 0 aliphatic carbocycles. The molecule has 0 atom stereocenters. The van der Waals surface area contributed by atoms with E-state index < -0.39 is 5.66 Å². The molecule has 3 rings (SSSR count). The number of terminal acetylenes is 1. The van der Waals surface area contributed by atoms with Crippen LogP contribution in [0.15, 0.2) is 34.5 Å². The van der Waals surface area contributed by atoms with Crippen LogP contribution in [0.5, 0.6) is 0 Å². The smallest absolute Gasteiger partial charge is 0.246 e. The van der Waals surface area contributed by atoms with Crippen molar-refractivity contribution in [1.82, 2.24) is 4.90 Å². The number of nitrogens with zero attached hydrogens (tertiary/aromatic N) is 4. The standard InChI is InChI=1S/C18H20N4O2/c1-3-4-10-18(19-20-18)11-9-16(23)22-12-14-7-5-6-8-15(14)21(2)17(24)13-22/h1,5-8H,4,9-13H2,2H3. The van der Waals surface area contributed by atoms with Gasteiger partial charge in [-0.15, -0.1) is 12.3 Å². The summed E-state index contributed by atoms with van der Waals surface area (Å²) in [6.45, 7) is 0.534. The highest BCUT2D eigenvalue weighted by atomic mass is 16.2. The third-order valence-electron chi connectivity index (χ3n) is 4.56. The minimum Gasteiger partial charge on any atom is -0.329 e. The van der Waals surface area contributed by atoms with E-state index in [4.69, 9.17) is 6.42 Å². The van der Waals surface area contributed by atoms with Gasteiger partial charge in [0.15, 0.2) is 5.66 Å². The van der Waals surface area contributed by atoms with E-state index in [0.717, 1.165) is 11.3 Å². The highest BCUT2D eigenvalue weighted by molar-refractivity contribution is 5.97. The summed E-state index contributed by atoms with van der Waals surface area (Å²) in [6, 6.07) is 7.66. The second kappa shape index (κ2) is 6.44. The molecule has 0 radical (unpaired) electrons. The quantitative estimate of drug-likeness (QED) is 0.780. The lowest BCUT2D eigenvalue weighted by atomic mass is 10.0. The lowest BCUT2D eigenvalue weighted by Crippen LogP contribution is -2.38. The van der Waals surface area contributed by atoms with Gasteiger partial charge in [-0.2, -0.15) is 10.2 Å². The summed E-state index contributed by atoms with van der Waals surface area (Å²) in [5.74, 6) is 2.44. The Morgan fingerprint density at radius 3 is 2.75 bits per heavy atom. The first kappa shape index (κ1) is 16.2. The Balaban J connectivity index is 1.65. The van der Waals surface area contributed by atoms with Crippen LogP contribution >= 0.6 is 0 Å². The molecule has 2 amide bonds. The molecule has 124 valence electrons. The number of benzene rings is 1. The number of rotatable bonds is 5. The van der Waals surface area contributed by atoms with Crippen LogP contribution in [0.2, 0.25) is 0 Å². The van der Waals surface area contributed by atoms with Crippen molar-refractivity contribution < 1.29 is 9.59 Å². The Morgan fingerprint density at radius 1 is 1.29 bits per heavy atom. The van der Waals surface area contributed by atoms with Crippen molar-refractivity contribution in [2.45, 2.75) is 37.9 Å². The summed E-state index contributed by atoms with van der Waals surface area (Å²) >= 11 is 0. The lowest BCUT2D eigenvalue weighted by Gasteiger charge is -2.20. The number of fused-ring (bicyclic) bond motifs is 1. The first-order valence-corrected chi connectivity index (χ1v) is 8.04. The van der Waals surface area contributed by atoms with E-state index in [1.807, 2.05) is 24.3 Å². The molecule has 24 heavy (non-hydrogen) atoms. The number of hydrogen-bond donors (Lipinski definition) is 0. The molecule has 2 heterocycles. The maximum absolute atomic E-state index is 12.6. The fourth-order valence-corrected chi connectivity index (χ4v) is 2.95. The average molecular weight is 324 g/mol. The van der Waals surface area contributed by atoms with Gasteiger partial charge in [-0.1, -0.05) is 18.2 Å². The molecule has 0 spiro atoms. The molecule has 0 N–H and O–H groups in total. The zero-order chi connectivity index (χ0) is 17.2. The van der Waals surface area contributed by atoms with E-state index in [2.05, 4.69) is 16.1 Å². The topological polar surface area (TPSA) is 65.3 Å². The van der Waals surface area contributed by atoms with Gasteiger partial charge in [0, 0.05) is 45.0 Å². The van der Waals surface area contributed by atoms with Crippen LogP contribution in [-0.4, -0.2) is 36.0 Å². The van der Waals surface area contributed by atoms with Crippen molar-refractivity contribution >= 4 is 17.5 Å². The van der Waals surface area contributed by atoms with E-state index in [9.17, 15) is 9.59 Å². The number of amides is 2. The van der Waals surface area contributed by atoms with Crippen molar-refractivity contribution in [3.05, 3.63) is 29.8 Å². The summed E-state index contributed by atoms with van der Waals surface area (Å²) in [4.78, 5) is 28.1. The van der Waals surface area contributed by atoms with Gasteiger partial charge in [-0.05, 0) is 11.6 Å². The molecule has 0 saturated heterocycles. The zero-order valence-corrected chi connectivity index (χ0v) is 13.7. The molecule has 0 saturated carbocycles. The van der Waals surface area contributed by atoms with Gasteiger partial charge in [0.2, 0.25) is 11.8 Å². The summed E-state index contributed by atoms with van der Waals surface area (Å²) in [7, 11) is 1.74. The largest absolute Gasteiger partial charge is 0.329 e. The van der Waals surface area contributed by atoms with Crippen molar-refractivity contribution in [2.24, 2.45) is 10.2 Å². The van der Waals surface area contributed by atoms with Crippen molar-refractivity contribution in [1.29, 1.82) is 0 Å².